The van der Waals surface area contributed by atoms with Gasteiger partial charge in [0.1, 0.15) is 0 Å². The molecular formula is C17H16N2. The van der Waals surface area contributed by atoms with Gasteiger partial charge in [0, 0.05) is 37.7 Å². The molecule has 0 aliphatic carbocycles. The van der Waals surface area contributed by atoms with E-state index in [1.54, 1.807) is 0 Å². The molecule has 0 aliphatic rings. The summed E-state index contributed by atoms with van der Waals surface area (Å²) in [6, 6.07) is 16.9. The summed E-state index contributed by atoms with van der Waals surface area (Å²) in [7, 11) is 4.12. The first-order valence-electron chi connectivity index (χ1n) is 6.37. The zero-order chi connectivity index (χ0) is 13.2. The van der Waals surface area contributed by atoms with Gasteiger partial charge in [0.2, 0.25) is 0 Å². The van der Waals surface area contributed by atoms with E-state index in [0.717, 1.165) is 0 Å². The lowest BCUT2D eigenvalue weighted by Gasteiger charge is -2.18. The third-order valence-electron chi connectivity index (χ3n) is 3.36. The molecule has 0 spiro atoms. The lowest BCUT2D eigenvalue weighted by Crippen LogP contribution is -2.10. The zero-order valence-electron chi connectivity index (χ0n) is 11.2. The van der Waals surface area contributed by atoms with Crippen LogP contribution in [-0.2, 0) is 0 Å². The Hall–Kier alpha value is -2.35. The van der Waals surface area contributed by atoms with Gasteiger partial charge in [0.25, 0.3) is 0 Å². The van der Waals surface area contributed by atoms with E-state index in [1.807, 2.05) is 12.4 Å². The second kappa shape index (κ2) is 4.73. The van der Waals surface area contributed by atoms with E-state index in [-0.39, 0.29) is 0 Å². The first-order chi connectivity index (χ1) is 9.27. The third-order valence-corrected chi connectivity index (χ3v) is 3.36. The molecule has 0 radical (unpaired) electrons. The summed E-state index contributed by atoms with van der Waals surface area (Å²) in [4.78, 5) is 6.41. The van der Waals surface area contributed by atoms with Crippen LogP contribution in [0.2, 0.25) is 0 Å². The molecule has 0 unspecified atom stereocenters. The summed E-state index contributed by atoms with van der Waals surface area (Å²) in [5.74, 6) is 0. The Balaban J connectivity index is 2.31. The van der Waals surface area contributed by atoms with Crippen LogP contribution in [0.5, 0.6) is 0 Å². The molecule has 0 atom stereocenters. The minimum atomic E-state index is 1.17. The molecule has 2 aromatic carbocycles. The van der Waals surface area contributed by atoms with E-state index in [1.165, 1.54) is 27.6 Å². The molecule has 3 rings (SSSR count). The van der Waals surface area contributed by atoms with Crippen molar-refractivity contribution in [2.24, 2.45) is 0 Å². The van der Waals surface area contributed by atoms with Crippen molar-refractivity contribution in [2.75, 3.05) is 19.0 Å². The Labute approximate surface area is 113 Å². The van der Waals surface area contributed by atoms with Gasteiger partial charge in [0.15, 0.2) is 0 Å². The molecule has 1 heterocycles. The second-order valence-electron chi connectivity index (χ2n) is 4.81. The fourth-order valence-electron chi connectivity index (χ4n) is 2.44. The number of benzene rings is 2. The number of hydrogen-bond acceptors (Lipinski definition) is 2. The van der Waals surface area contributed by atoms with Crippen molar-refractivity contribution in [3.8, 4) is 11.1 Å². The maximum Gasteiger partial charge on any atom is 0.0471 e. The van der Waals surface area contributed by atoms with Crippen LogP contribution < -0.4 is 4.90 Å². The maximum absolute atomic E-state index is 4.28. The number of pyridine rings is 1. The molecule has 0 fully saturated rings. The molecular weight excluding hydrogens is 232 g/mol. The lowest BCUT2D eigenvalue weighted by atomic mass is 9.98. The van der Waals surface area contributed by atoms with Gasteiger partial charge in [-0.15, -0.1) is 0 Å². The molecule has 0 N–H and O–H groups in total. The van der Waals surface area contributed by atoms with Gasteiger partial charge in [-0.1, -0.05) is 42.5 Å². The van der Waals surface area contributed by atoms with Gasteiger partial charge in [0.05, 0.1) is 0 Å². The fraction of sp³-hybridized carbons (Fsp3) is 0.118. The summed E-state index contributed by atoms with van der Waals surface area (Å²) < 4.78 is 0. The van der Waals surface area contributed by atoms with Crippen molar-refractivity contribution in [3.63, 3.8) is 0 Å². The largest absolute Gasteiger partial charge is 0.377 e. The highest BCUT2D eigenvalue weighted by Gasteiger charge is 2.09. The number of fused-ring (bicyclic) bond motifs is 1. The quantitative estimate of drug-likeness (QED) is 0.682. The van der Waals surface area contributed by atoms with E-state index in [9.17, 15) is 0 Å². The van der Waals surface area contributed by atoms with Crippen molar-refractivity contribution in [2.45, 2.75) is 0 Å². The molecule has 2 nitrogen and oxygen atoms in total. The van der Waals surface area contributed by atoms with E-state index < -0.39 is 0 Å². The highest BCUT2D eigenvalue weighted by molar-refractivity contribution is 5.99. The number of nitrogens with zero attached hydrogens (tertiary/aromatic N) is 2. The van der Waals surface area contributed by atoms with E-state index in [0.29, 0.717) is 0 Å². The van der Waals surface area contributed by atoms with Crippen LogP contribution in [0.3, 0.4) is 0 Å². The summed E-state index contributed by atoms with van der Waals surface area (Å²) in [5.41, 5.74) is 3.59. The van der Waals surface area contributed by atoms with Crippen molar-refractivity contribution in [3.05, 3.63) is 60.9 Å². The predicted octanol–water partition coefficient (Wildman–Crippen LogP) is 3.97. The standard InChI is InChI=1S/C17H16N2/c1-19(2)17-10-11-18-12-16(17)15-9-5-7-13-6-3-4-8-14(13)15/h3-12H,1-2H3. The van der Waals surface area contributed by atoms with Gasteiger partial charge in [-0.3, -0.25) is 4.98 Å². The van der Waals surface area contributed by atoms with Gasteiger partial charge in [-0.05, 0) is 22.4 Å². The first-order valence-corrected chi connectivity index (χ1v) is 6.37. The van der Waals surface area contributed by atoms with E-state index >= 15 is 0 Å². The van der Waals surface area contributed by atoms with Gasteiger partial charge >= 0.3 is 0 Å². The van der Waals surface area contributed by atoms with Crippen LogP contribution in [0.25, 0.3) is 21.9 Å². The highest BCUT2D eigenvalue weighted by atomic mass is 15.1. The van der Waals surface area contributed by atoms with Gasteiger partial charge < -0.3 is 4.90 Å². The number of aromatic nitrogens is 1. The normalized spacial score (nSPS) is 10.6. The molecule has 0 saturated heterocycles. The smallest absolute Gasteiger partial charge is 0.0471 e. The van der Waals surface area contributed by atoms with E-state index in [2.05, 4.69) is 72.5 Å². The third kappa shape index (κ3) is 2.06. The predicted molar refractivity (Wildman–Crippen MR) is 81.5 cm³/mol. The Morgan fingerprint density at radius 2 is 1.63 bits per heavy atom. The highest BCUT2D eigenvalue weighted by Crippen LogP contribution is 2.33. The summed E-state index contributed by atoms with van der Waals surface area (Å²) in [5, 5.41) is 2.52. The van der Waals surface area contributed by atoms with Crippen molar-refractivity contribution >= 4 is 16.5 Å². The molecule has 0 saturated carbocycles. The van der Waals surface area contributed by atoms with Crippen molar-refractivity contribution < 1.29 is 0 Å². The molecule has 0 bridgehead atoms. The Morgan fingerprint density at radius 3 is 2.47 bits per heavy atom. The van der Waals surface area contributed by atoms with E-state index in [4.69, 9.17) is 0 Å². The maximum atomic E-state index is 4.28. The number of anilines is 1. The molecule has 2 heteroatoms. The van der Waals surface area contributed by atoms with Crippen LogP contribution in [-0.4, -0.2) is 19.1 Å². The Kier molecular flexibility index (Phi) is 2.92. The summed E-state index contributed by atoms with van der Waals surface area (Å²) >= 11 is 0. The average molecular weight is 248 g/mol. The molecule has 3 aromatic rings. The number of rotatable bonds is 2. The van der Waals surface area contributed by atoms with Crippen LogP contribution in [0, 0.1) is 0 Å². The zero-order valence-corrected chi connectivity index (χ0v) is 11.2. The fourth-order valence-corrected chi connectivity index (χ4v) is 2.44. The van der Waals surface area contributed by atoms with Crippen LogP contribution >= 0.6 is 0 Å². The summed E-state index contributed by atoms with van der Waals surface area (Å²) in [6.45, 7) is 0. The summed E-state index contributed by atoms with van der Waals surface area (Å²) in [6.07, 6.45) is 3.78. The van der Waals surface area contributed by atoms with Gasteiger partial charge in [-0.25, -0.2) is 0 Å². The Bertz CT molecular complexity index is 712. The minimum Gasteiger partial charge on any atom is -0.377 e. The number of hydrogen-bond donors (Lipinski definition) is 0. The van der Waals surface area contributed by atoms with Crippen LogP contribution in [0.15, 0.2) is 60.9 Å². The molecule has 19 heavy (non-hydrogen) atoms. The van der Waals surface area contributed by atoms with Gasteiger partial charge in [-0.2, -0.15) is 0 Å². The van der Waals surface area contributed by atoms with Crippen molar-refractivity contribution in [1.29, 1.82) is 0 Å². The second-order valence-corrected chi connectivity index (χ2v) is 4.81. The van der Waals surface area contributed by atoms with Crippen molar-refractivity contribution in [1.82, 2.24) is 4.98 Å². The molecule has 1 aromatic heterocycles. The van der Waals surface area contributed by atoms with Crippen LogP contribution in [0.4, 0.5) is 5.69 Å². The molecule has 0 aliphatic heterocycles. The first kappa shape index (κ1) is 11.7. The SMILES string of the molecule is CN(C)c1ccncc1-c1cccc2ccccc12. The monoisotopic (exact) mass is 248 g/mol. The Morgan fingerprint density at radius 1 is 0.842 bits per heavy atom. The molecule has 94 valence electrons. The minimum absolute atomic E-state index is 1.17. The molecule has 0 amide bonds. The lowest BCUT2D eigenvalue weighted by molar-refractivity contribution is 1.12. The average Bonchev–Trinajstić information content (AvgIpc) is 2.46. The topological polar surface area (TPSA) is 16.1 Å². The van der Waals surface area contributed by atoms with Crippen LogP contribution in [0.1, 0.15) is 0 Å².